The minimum atomic E-state index is -2.73. The number of carbonyl (C=O) groups excluding carboxylic acids is 4. The molecule has 3 N–H and O–H groups in total. The van der Waals surface area contributed by atoms with Crippen LogP contribution in [0.3, 0.4) is 0 Å². The summed E-state index contributed by atoms with van der Waals surface area (Å²) in [6, 6.07) is 17.3. The Kier molecular flexibility index (Phi) is 7.10. The smallest absolute Gasteiger partial charge is 0.330 e. The second-order valence-electron chi connectivity index (χ2n) is 9.56. The minimum absolute atomic E-state index is 0.0240. The SMILES string of the molecule is CC1(C)[C@H](C(=O)OCc2ccccc2)N2C(=O)C[C@H]2S1(CO)C(=O)N(CC(N)=O)Cc1ccccc1. The number of fused-ring (bicyclic) bond motifs is 1. The van der Waals surface area contributed by atoms with Gasteiger partial charge >= 0.3 is 5.97 Å². The number of nitrogens with two attached hydrogens (primary N) is 1. The van der Waals surface area contributed by atoms with Crippen molar-refractivity contribution in [2.75, 3.05) is 12.5 Å². The summed E-state index contributed by atoms with van der Waals surface area (Å²) >= 11 is 0. The largest absolute Gasteiger partial charge is 0.459 e. The van der Waals surface area contributed by atoms with Crippen LogP contribution in [0.5, 0.6) is 0 Å². The van der Waals surface area contributed by atoms with Crippen molar-refractivity contribution in [1.29, 1.82) is 0 Å². The van der Waals surface area contributed by atoms with E-state index in [1.807, 2.05) is 60.7 Å². The van der Waals surface area contributed by atoms with Crippen molar-refractivity contribution in [2.45, 2.75) is 49.6 Å². The molecule has 4 rings (SSSR count). The summed E-state index contributed by atoms with van der Waals surface area (Å²) in [5.41, 5.74) is 7.06. The van der Waals surface area contributed by atoms with Gasteiger partial charge in [0.2, 0.25) is 11.8 Å². The van der Waals surface area contributed by atoms with Gasteiger partial charge in [-0.3, -0.25) is 14.4 Å². The fourth-order valence-electron chi connectivity index (χ4n) is 5.19. The van der Waals surface area contributed by atoms with E-state index in [0.29, 0.717) is 0 Å². The van der Waals surface area contributed by atoms with Gasteiger partial charge in [0.15, 0.2) is 0 Å². The third-order valence-electron chi connectivity index (χ3n) is 7.07. The van der Waals surface area contributed by atoms with E-state index in [-0.39, 0.29) is 32.0 Å². The molecule has 1 unspecified atom stereocenters. The molecule has 192 valence electrons. The second kappa shape index (κ2) is 9.94. The van der Waals surface area contributed by atoms with E-state index in [4.69, 9.17) is 10.5 Å². The predicted molar refractivity (Wildman–Crippen MR) is 135 cm³/mol. The van der Waals surface area contributed by atoms with Gasteiger partial charge in [-0.1, -0.05) is 60.7 Å². The van der Waals surface area contributed by atoms with E-state index < -0.39 is 49.2 Å². The fraction of sp³-hybridized carbons (Fsp3) is 0.385. The summed E-state index contributed by atoms with van der Waals surface area (Å²) in [6.07, 6.45) is 0.0449. The Balaban J connectivity index is 1.67. The number of amides is 3. The van der Waals surface area contributed by atoms with Crippen molar-refractivity contribution in [2.24, 2.45) is 5.73 Å². The zero-order valence-corrected chi connectivity index (χ0v) is 21.1. The van der Waals surface area contributed by atoms with Gasteiger partial charge in [-0.05, 0) is 25.0 Å². The van der Waals surface area contributed by atoms with Crippen molar-refractivity contribution in [1.82, 2.24) is 9.80 Å². The predicted octanol–water partition coefficient (Wildman–Crippen LogP) is 2.31. The molecule has 36 heavy (non-hydrogen) atoms. The molecule has 0 radical (unpaired) electrons. The minimum Gasteiger partial charge on any atom is -0.459 e. The Labute approximate surface area is 211 Å². The lowest BCUT2D eigenvalue weighted by molar-refractivity contribution is -0.162. The molecule has 0 spiro atoms. The van der Waals surface area contributed by atoms with E-state index in [1.54, 1.807) is 13.8 Å². The zero-order chi connectivity index (χ0) is 26.1. The number of nitrogens with zero attached hydrogens (tertiary/aromatic N) is 2. The number of rotatable bonds is 8. The molecule has 9 nitrogen and oxygen atoms in total. The van der Waals surface area contributed by atoms with Crippen LogP contribution in [0.15, 0.2) is 60.7 Å². The molecule has 0 aliphatic carbocycles. The number of benzene rings is 2. The molecule has 0 bridgehead atoms. The Morgan fingerprint density at radius 3 is 2.19 bits per heavy atom. The Morgan fingerprint density at radius 2 is 1.67 bits per heavy atom. The average Bonchev–Trinajstić information content (AvgIpc) is 3.02. The van der Waals surface area contributed by atoms with Gasteiger partial charge in [0.25, 0.3) is 5.24 Å². The van der Waals surface area contributed by atoms with E-state index in [2.05, 4.69) is 0 Å². The van der Waals surface area contributed by atoms with Crippen LogP contribution in [0, 0.1) is 0 Å². The molecule has 2 aliphatic rings. The Morgan fingerprint density at radius 1 is 1.08 bits per heavy atom. The van der Waals surface area contributed by atoms with Crippen LogP contribution in [0.1, 0.15) is 31.4 Å². The lowest BCUT2D eigenvalue weighted by Gasteiger charge is -2.50. The van der Waals surface area contributed by atoms with Crippen molar-refractivity contribution in [3.05, 3.63) is 71.8 Å². The third kappa shape index (κ3) is 4.24. The molecule has 2 aromatic carbocycles. The number of primary amides is 1. The van der Waals surface area contributed by atoms with Crippen LogP contribution in [0.2, 0.25) is 0 Å². The maximum absolute atomic E-state index is 14.2. The Hall–Kier alpha value is -3.37. The number of aliphatic hydroxyl groups is 1. The normalized spacial score (nSPS) is 25.8. The van der Waals surface area contributed by atoms with Crippen LogP contribution >= 0.6 is 10.0 Å². The third-order valence-corrected chi connectivity index (χ3v) is 11.8. The topological polar surface area (TPSA) is 130 Å². The molecule has 2 saturated heterocycles. The van der Waals surface area contributed by atoms with Gasteiger partial charge in [-0.2, -0.15) is 0 Å². The molecule has 2 fully saturated rings. The fourth-order valence-corrected chi connectivity index (χ4v) is 9.45. The molecule has 10 heteroatoms. The zero-order valence-electron chi connectivity index (χ0n) is 20.3. The number of hydrogen-bond acceptors (Lipinski definition) is 6. The molecular formula is C26H31N3O6S. The van der Waals surface area contributed by atoms with Crippen molar-refractivity contribution in [3.8, 4) is 0 Å². The summed E-state index contributed by atoms with van der Waals surface area (Å²) in [7, 11) is -2.73. The summed E-state index contributed by atoms with van der Waals surface area (Å²) in [6.45, 7) is 3.23. The lowest BCUT2D eigenvalue weighted by atomic mass is 9.98. The molecule has 3 amide bonds. The first-order valence-electron chi connectivity index (χ1n) is 11.7. The maximum atomic E-state index is 14.2. The molecular weight excluding hydrogens is 482 g/mol. The number of esters is 1. The van der Waals surface area contributed by atoms with Crippen molar-refractivity contribution >= 4 is 33.1 Å². The van der Waals surface area contributed by atoms with Crippen LogP contribution < -0.4 is 5.73 Å². The highest BCUT2D eigenvalue weighted by Gasteiger charge is 2.72. The number of ether oxygens (including phenoxy) is 1. The highest BCUT2D eigenvalue weighted by atomic mass is 32.3. The van der Waals surface area contributed by atoms with E-state index in [0.717, 1.165) is 11.1 Å². The first-order chi connectivity index (χ1) is 17.1. The second-order valence-corrected chi connectivity index (χ2v) is 13.3. The van der Waals surface area contributed by atoms with Gasteiger partial charge in [0.1, 0.15) is 19.2 Å². The molecule has 3 atom stereocenters. The number of carbonyl (C=O) groups is 4. The van der Waals surface area contributed by atoms with Crippen molar-refractivity contribution < 1.29 is 29.0 Å². The quantitative estimate of drug-likeness (QED) is 0.412. The van der Waals surface area contributed by atoms with Crippen molar-refractivity contribution in [3.63, 3.8) is 0 Å². The molecule has 2 heterocycles. The summed E-state index contributed by atoms with van der Waals surface area (Å²) in [5.74, 6) is -2.11. The van der Waals surface area contributed by atoms with Crippen LogP contribution in [-0.4, -0.2) is 66.6 Å². The van der Waals surface area contributed by atoms with Crippen LogP contribution in [-0.2, 0) is 32.3 Å². The molecule has 0 aromatic heterocycles. The van der Waals surface area contributed by atoms with Crippen LogP contribution in [0.4, 0.5) is 4.79 Å². The number of hydrogen-bond donors (Lipinski definition) is 2. The number of aliphatic hydroxyl groups excluding tert-OH is 1. The highest BCUT2D eigenvalue weighted by molar-refractivity contribution is 8.46. The highest BCUT2D eigenvalue weighted by Crippen LogP contribution is 2.74. The monoisotopic (exact) mass is 513 g/mol. The molecule has 2 aliphatic heterocycles. The van der Waals surface area contributed by atoms with Crippen LogP contribution in [0.25, 0.3) is 0 Å². The van der Waals surface area contributed by atoms with Gasteiger partial charge in [-0.15, -0.1) is 10.0 Å². The number of β-lactam (4-membered cyclic amide) rings is 1. The van der Waals surface area contributed by atoms with Gasteiger partial charge in [0, 0.05) is 11.3 Å². The maximum Gasteiger partial charge on any atom is 0.330 e. The van der Waals surface area contributed by atoms with E-state index in [9.17, 15) is 24.3 Å². The first kappa shape index (κ1) is 25.7. The van der Waals surface area contributed by atoms with E-state index in [1.165, 1.54) is 9.80 Å². The van der Waals surface area contributed by atoms with E-state index >= 15 is 0 Å². The van der Waals surface area contributed by atoms with Gasteiger partial charge in [0.05, 0.1) is 17.7 Å². The lowest BCUT2D eigenvalue weighted by Crippen LogP contribution is -2.57. The van der Waals surface area contributed by atoms with Gasteiger partial charge < -0.3 is 25.4 Å². The average molecular weight is 514 g/mol. The standard InChI is InChI=1S/C26H31N3O6S/c1-26(2)23(24(33)35-16-19-11-7-4-8-12-19)29-21(32)13-22(29)36(26,17-30)25(34)28(15-20(27)31)14-18-9-5-3-6-10-18/h3-12,22-23,30H,13-17H2,1-2H3,(H2,27,31)/t22-,23+/m1/s1. The molecule has 2 aromatic rings. The summed E-state index contributed by atoms with van der Waals surface area (Å²) in [4.78, 5) is 54.9. The first-order valence-corrected chi connectivity index (χ1v) is 13.5. The molecule has 0 saturated carbocycles. The van der Waals surface area contributed by atoms with Gasteiger partial charge in [-0.25, -0.2) is 4.79 Å². The Bertz CT molecular complexity index is 1160. The summed E-state index contributed by atoms with van der Waals surface area (Å²) in [5, 5.41) is 9.70. The summed E-state index contributed by atoms with van der Waals surface area (Å²) < 4.78 is 4.47.